The predicted octanol–water partition coefficient (Wildman–Crippen LogP) is 1.51. The molecule has 0 aromatic rings. The van der Waals surface area contributed by atoms with Gasteiger partial charge < -0.3 is 11.1 Å². The molecule has 17 heavy (non-hydrogen) atoms. The molecule has 0 saturated carbocycles. The monoisotopic (exact) mass is 257 g/mol. The molecule has 0 aliphatic rings. The molecule has 0 fully saturated rings. The van der Waals surface area contributed by atoms with Crippen molar-refractivity contribution in [2.45, 2.75) is 45.7 Å². The van der Waals surface area contributed by atoms with E-state index in [1.54, 1.807) is 6.92 Å². The van der Waals surface area contributed by atoms with Crippen molar-refractivity contribution in [1.82, 2.24) is 5.32 Å². The van der Waals surface area contributed by atoms with Crippen LogP contribution in [0.2, 0.25) is 0 Å². The van der Waals surface area contributed by atoms with Crippen LogP contribution in [-0.2, 0) is 4.79 Å². The molecule has 0 aromatic heterocycles. The number of hydrogen-bond acceptors (Lipinski definition) is 4. The Hall–Kier alpha value is -0.730. The van der Waals surface area contributed by atoms with Crippen LogP contribution in [0.5, 0.6) is 0 Å². The van der Waals surface area contributed by atoms with E-state index >= 15 is 0 Å². The molecule has 4 nitrogen and oxygen atoms in total. The van der Waals surface area contributed by atoms with Crippen LogP contribution in [-0.4, -0.2) is 28.5 Å². The molecular formula is C12H23N3OS. The van der Waals surface area contributed by atoms with Gasteiger partial charge in [-0.05, 0) is 26.7 Å². The number of amides is 1. The number of nitrogens with two attached hydrogens (primary N) is 1. The van der Waals surface area contributed by atoms with E-state index in [1.165, 1.54) is 11.8 Å². The second kappa shape index (κ2) is 6.27. The molecule has 98 valence electrons. The lowest BCUT2D eigenvalue weighted by Gasteiger charge is -2.27. The highest BCUT2D eigenvalue weighted by molar-refractivity contribution is 8.00. The smallest absolute Gasteiger partial charge is 0.231 e. The summed E-state index contributed by atoms with van der Waals surface area (Å²) in [7, 11) is 0. The molecule has 0 aliphatic carbocycles. The second-order valence-electron chi connectivity index (χ2n) is 5.50. The Morgan fingerprint density at radius 2 is 2.00 bits per heavy atom. The number of thioether (sulfide) groups is 1. The van der Waals surface area contributed by atoms with Gasteiger partial charge in [0.2, 0.25) is 5.91 Å². The molecule has 0 saturated heterocycles. The van der Waals surface area contributed by atoms with Crippen LogP contribution >= 0.6 is 11.8 Å². The fraction of sp³-hybridized carbons (Fsp3) is 0.833. The van der Waals surface area contributed by atoms with Crippen LogP contribution in [0.25, 0.3) is 0 Å². The van der Waals surface area contributed by atoms with Gasteiger partial charge in [0.05, 0.1) is 11.8 Å². The van der Waals surface area contributed by atoms with Crippen LogP contribution in [0, 0.1) is 17.2 Å². The molecule has 1 atom stereocenters. The zero-order chi connectivity index (χ0) is 13.7. The van der Waals surface area contributed by atoms with E-state index < -0.39 is 5.54 Å². The van der Waals surface area contributed by atoms with E-state index in [1.807, 2.05) is 27.7 Å². The molecule has 0 bridgehead atoms. The van der Waals surface area contributed by atoms with Crippen molar-refractivity contribution in [3.8, 4) is 6.07 Å². The molecule has 1 unspecified atom stereocenters. The third-order valence-corrected chi connectivity index (χ3v) is 3.91. The Labute approximate surface area is 108 Å². The van der Waals surface area contributed by atoms with E-state index in [-0.39, 0.29) is 17.4 Å². The Morgan fingerprint density at radius 1 is 1.47 bits per heavy atom. The third kappa shape index (κ3) is 6.54. The maximum atomic E-state index is 11.7. The molecule has 0 radical (unpaired) electrons. The van der Waals surface area contributed by atoms with Gasteiger partial charge in [0, 0.05) is 11.3 Å². The second-order valence-corrected chi connectivity index (χ2v) is 6.48. The van der Waals surface area contributed by atoms with Crippen LogP contribution < -0.4 is 11.1 Å². The minimum absolute atomic E-state index is 0.0763. The van der Waals surface area contributed by atoms with Crippen LogP contribution in [0.15, 0.2) is 0 Å². The van der Waals surface area contributed by atoms with Crippen LogP contribution in [0.4, 0.5) is 0 Å². The third-order valence-electron chi connectivity index (χ3n) is 2.49. The topological polar surface area (TPSA) is 78.9 Å². The number of nitrogens with one attached hydrogen (secondary N) is 1. The average Bonchev–Trinajstić information content (AvgIpc) is 2.15. The van der Waals surface area contributed by atoms with Crippen molar-refractivity contribution in [3.05, 3.63) is 0 Å². The minimum Gasteiger partial charge on any atom is -0.337 e. The Balaban J connectivity index is 4.15. The van der Waals surface area contributed by atoms with Gasteiger partial charge in [-0.15, -0.1) is 0 Å². The molecule has 0 aliphatic heterocycles. The van der Waals surface area contributed by atoms with Gasteiger partial charge in [-0.3, -0.25) is 4.79 Å². The summed E-state index contributed by atoms with van der Waals surface area (Å²) in [6.07, 6.45) is 0. The summed E-state index contributed by atoms with van der Waals surface area (Å²) in [5, 5.41) is 11.8. The van der Waals surface area contributed by atoms with E-state index in [0.29, 0.717) is 11.5 Å². The molecule has 0 rings (SSSR count). The first-order valence-corrected chi connectivity index (χ1v) is 6.85. The molecule has 5 heteroatoms. The predicted molar refractivity (Wildman–Crippen MR) is 72.6 cm³/mol. The lowest BCUT2D eigenvalue weighted by atomic mass is 9.90. The first-order valence-electron chi connectivity index (χ1n) is 5.69. The van der Waals surface area contributed by atoms with Gasteiger partial charge in [-0.25, -0.2) is 0 Å². The van der Waals surface area contributed by atoms with Crippen molar-refractivity contribution in [2.24, 2.45) is 11.7 Å². The summed E-state index contributed by atoms with van der Waals surface area (Å²) in [6, 6.07) is 2.15. The first kappa shape index (κ1) is 16.3. The first-order chi connectivity index (χ1) is 7.60. The Bertz CT molecular complexity index is 304. The van der Waals surface area contributed by atoms with Crippen molar-refractivity contribution in [3.63, 3.8) is 0 Å². The summed E-state index contributed by atoms with van der Waals surface area (Å²) < 4.78 is 0. The van der Waals surface area contributed by atoms with Crippen molar-refractivity contribution in [2.75, 3.05) is 11.5 Å². The van der Waals surface area contributed by atoms with Gasteiger partial charge in [0.25, 0.3) is 0 Å². The molecular weight excluding hydrogens is 234 g/mol. The summed E-state index contributed by atoms with van der Waals surface area (Å²) in [6.45, 7) is 9.42. The van der Waals surface area contributed by atoms with E-state index in [2.05, 4.69) is 11.4 Å². The quantitative estimate of drug-likeness (QED) is 0.756. The number of carbonyl (C=O) groups excluding carboxylic acids is 1. The highest BCUT2D eigenvalue weighted by Gasteiger charge is 2.29. The van der Waals surface area contributed by atoms with Crippen LogP contribution in [0.3, 0.4) is 0 Å². The van der Waals surface area contributed by atoms with Gasteiger partial charge in [-0.2, -0.15) is 17.0 Å². The zero-order valence-corrected chi connectivity index (χ0v) is 12.1. The fourth-order valence-corrected chi connectivity index (χ4v) is 1.92. The molecule has 0 heterocycles. The van der Waals surface area contributed by atoms with Crippen molar-refractivity contribution in [1.29, 1.82) is 5.26 Å². The highest BCUT2D eigenvalue weighted by Crippen LogP contribution is 2.16. The number of hydrogen-bond donors (Lipinski definition) is 2. The van der Waals surface area contributed by atoms with Gasteiger partial charge >= 0.3 is 0 Å². The summed E-state index contributed by atoms with van der Waals surface area (Å²) in [4.78, 5) is 11.7. The number of carbonyl (C=O) groups is 1. The molecule has 1 amide bonds. The SMILES string of the molecule is CC(C)C(C)(C#N)NC(=O)CSCC(C)(C)N. The molecule has 0 aromatic carbocycles. The van der Waals surface area contributed by atoms with Gasteiger partial charge in [-0.1, -0.05) is 13.8 Å². The molecule has 0 spiro atoms. The Kier molecular flexibility index (Phi) is 6.00. The Morgan fingerprint density at radius 3 is 2.35 bits per heavy atom. The van der Waals surface area contributed by atoms with Crippen molar-refractivity contribution < 1.29 is 4.79 Å². The van der Waals surface area contributed by atoms with E-state index in [4.69, 9.17) is 11.0 Å². The largest absolute Gasteiger partial charge is 0.337 e. The lowest BCUT2D eigenvalue weighted by Crippen LogP contribution is -2.49. The van der Waals surface area contributed by atoms with Gasteiger partial charge in [0.1, 0.15) is 5.54 Å². The maximum absolute atomic E-state index is 11.7. The molecule has 3 N–H and O–H groups in total. The standard InChI is InChI=1S/C12H23N3OS/c1-9(2)12(5,7-13)15-10(16)6-17-8-11(3,4)14/h9H,6,8,14H2,1-5H3,(H,15,16). The van der Waals surface area contributed by atoms with Crippen molar-refractivity contribution >= 4 is 17.7 Å². The van der Waals surface area contributed by atoms with E-state index in [0.717, 1.165) is 0 Å². The zero-order valence-electron chi connectivity index (χ0n) is 11.3. The number of nitrogens with zero attached hydrogens (tertiary/aromatic N) is 1. The maximum Gasteiger partial charge on any atom is 0.231 e. The average molecular weight is 257 g/mol. The van der Waals surface area contributed by atoms with Crippen LogP contribution in [0.1, 0.15) is 34.6 Å². The van der Waals surface area contributed by atoms with E-state index in [9.17, 15) is 4.79 Å². The normalized spacial score (nSPS) is 15.2. The fourth-order valence-electron chi connectivity index (χ4n) is 1.03. The summed E-state index contributed by atoms with van der Waals surface area (Å²) in [5.74, 6) is 1.01. The lowest BCUT2D eigenvalue weighted by molar-refractivity contribution is -0.120. The number of nitriles is 1. The minimum atomic E-state index is -0.796. The van der Waals surface area contributed by atoms with Gasteiger partial charge in [0.15, 0.2) is 0 Å². The highest BCUT2D eigenvalue weighted by atomic mass is 32.2. The summed E-state index contributed by atoms with van der Waals surface area (Å²) in [5.41, 5.74) is 4.75. The number of rotatable bonds is 6. The summed E-state index contributed by atoms with van der Waals surface area (Å²) >= 11 is 1.48.